The van der Waals surface area contributed by atoms with Crippen LogP contribution in [0.25, 0.3) is 0 Å². The summed E-state index contributed by atoms with van der Waals surface area (Å²) in [6, 6.07) is 6.19. The van der Waals surface area contributed by atoms with Crippen molar-refractivity contribution < 1.29 is 9.72 Å². The maximum atomic E-state index is 12.4. The Morgan fingerprint density at radius 2 is 1.95 bits per heavy atom. The van der Waals surface area contributed by atoms with E-state index in [0.29, 0.717) is 17.5 Å². The average Bonchev–Trinajstić information content (AvgIpc) is 3.19. The molecule has 1 aromatic carbocycles. The second-order valence-electron chi connectivity index (χ2n) is 5.39. The molecule has 1 aliphatic carbocycles. The fourth-order valence-electron chi connectivity index (χ4n) is 2.07. The summed E-state index contributed by atoms with van der Waals surface area (Å²) in [5.41, 5.74) is 0.538. The first-order chi connectivity index (χ1) is 8.99. The third kappa shape index (κ3) is 3.30. The van der Waals surface area contributed by atoms with Crippen LogP contribution in [0.2, 0.25) is 0 Å². The molecule has 0 unspecified atom stereocenters. The highest BCUT2D eigenvalue weighted by Gasteiger charge is 2.33. The number of carbonyl (C=O) groups is 1. The van der Waals surface area contributed by atoms with Gasteiger partial charge in [-0.05, 0) is 30.9 Å². The lowest BCUT2D eigenvalue weighted by molar-refractivity contribution is -0.384. The van der Waals surface area contributed by atoms with E-state index in [1.807, 2.05) is 4.90 Å². The van der Waals surface area contributed by atoms with Gasteiger partial charge in [0.1, 0.15) is 0 Å². The minimum Gasteiger partial charge on any atom is -0.335 e. The van der Waals surface area contributed by atoms with Gasteiger partial charge in [0, 0.05) is 30.3 Å². The lowest BCUT2D eigenvalue weighted by atomic mass is 10.1. The first-order valence-corrected chi connectivity index (χ1v) is 6.54. The highest BCUT2D eigenvalue weighted by Crippen LogP contribution is 2.29. The first-order valence-electron chi connectivity index (χ1n) is 6.54. The predicted octanol–water partition coefficient (Wildman–Crippen LogP) is 2.86. The van der Waals surface area contributed by atoms with Gasteiger partial charge in [-0.1, -0.05) is 13.8 Å². The van der Waals surface area contributed by atoms with Gasteiger partial charge >= 0.3 is 0 Å². The molecule has 1 aromatic rings. The van der Waals surface area contributed by atoms with Gasteiger partial charge < -0.3 is 4.90 Å². The predicted molar refractivity (Wildman–Crippen MR) is 72.0 cm³/mol. The number of rotatable bonds is 5. The van der Waals surface area contributed by atoms with Gasteiger partial charge in [-0.25, -0.2) is 0 Å². The molecular formula is C14H18N2O3. The van der Waals surface area contributed by atoms with Gasteiger partial charge in [-0.15, -0.1) is 0 Å². The number of nitro groups is 1. The number of hydrogen-bond donors (Lipinski definition) is 0. The number of hydrogen-bond acceptors (Lipinski definition) is 3. The zero-order valence-corrected chi connectivity index (χ0v) is 11.2. The molecule has 0 aromatic heterocycles. The van der Waals surface area contributed by atoms with E-state index in [1.54, 1.807) is 0 Å². The van der Waals surface area contributed by atoms with Crippen molar-refractivity contribution in [2.75, 3.05) is 6.54 Å². The average molecular weight is 262 g/mol. The highest BCUT2D eigenvalue weighted by molar-refractivity contribution is 5.94. The largest absolute Gasteiger partial charge is 0.335 e. The molecule has 1 fully saturated rings. The Balaban J connectivity index is 2.14. The quantitative estimate of drug-likeness (QED) is 0.605. The van der Waals surface area contributed by atoms with Crippen molar-refractivity contribution in [1.82, 2.24) is 4.90 Å². The zero-order valence-electron chi connectivity index (χ0n) is 11.2. The summed E-state index contributed by atoms with van der Waals surface area (Å²) in [4.78, 5) is 24.4. The van der Waals surface area contributed by atoms with Crippen LogP contribution in [0, 0.1) is 16.0 Å². The van der Waals surface area contributed by atoms with Gasteiger partial charge in [-0.2, -0.15) is 0 Å². The number of amides is 1. The topological polar surface area (TPSA) is 63.5 Å². The lowest BCUT2D eigenvalue weighted by Gasteiger charge is -2.24. The van der Waals surface area contributed by atoms with E-state index in [4.69, 9.17) is 0 Å². The minimum absolute atomic E-state index is 0.0124. The molecule has 5 heteroatoms. The number of nitrogens with zero attached hydrogens (tertiary/aromatic N) is 2. The molecular weight excluding hydrogens is 244 g/mol. The molecule has 0 aliphatic heterocycles. The molecule has 0 heterocycles. The molecule has 1 saturated carbocycles. The standard InChI is InChI=1S/C14H18N2O3/c1-10(2)9-15(12-7-8-12)14(17)11-3-5-13(6-4-11)16(18)19/h3-6,10,12H,7-9H2,1-2H3. The summed E-state index contributed by atoms with van der Waals surface area (Å²) in [7, 11) is 0. The lowest BCUT2D eigenvalue weighted by Crippen LogP contribution is -2.36. The van der Waals surface area contributed by atoms with Crippen molar-refractivity contribution in [3.05, 3.63) is 39.9 Å². The Morgan fingerprint density at radius 3 is 2.37 bits per heavy atom. The van der Waals surface area contributed by atoms with Gasteiger partial charge in [0.15, 0.2) is 0 Å². The van der Waals surface area contributed by atoms with Crippen molar-refractivity contribution in [1.29, 1.82) is 0 Å². The Labute approximate surface area is 112 Å². The van der Waals surface area contributed by atoms with Crippen LogP contribution in [0.3, 0.4) is 0 Å². The second-order valence-corrected chi connectivity index (χ2v) is 5.39. The van der Waals surface area contributed by atoms with E-state index in [0.717, 1.165) is 19.4 Å². The van der Waals surface area contributed by atoms with Crippen LogP contribution in [0.5, 0.6) is 0 Å². The van der Waals surface area contributed by atoms with Crippen LogP contribution in [0.4, 0.5) is 5.69 Å². The van der Waals surface area contributed by atoms with Crippen molar-refractivity contribution in [2.45, 2.75) is 32.7 Å². The van der Waals surface area contributed by atoms with Crippen molar-refractivity contribution in [2.24, 2.45) is 5.92 Å². The molecule has 102 valence electrons. The summed E-state index contributed by atoms with van der Waals surface area (Å²) >= 11 is 0. The van der Waals surface area contributed by atoms with Crippen molar-refractivity contribution in [3.63, 3.8) is 0 Å². The van der Waals surface area contributed by atoms with Crippen LogP contribution in [0.1, 0.15) is 37.0 Å². The number of non-ortho nitro benzene ring substituents is 1. The minimum atomic E-state index is -0.457. The van der Waals surface area contributed by atoms with Crippen molar-refractivity contribution in [3.8, 4) is 0 Å². The van der Waals surface area contributed by atoms with E-state index in [1.165, 1.54) is 24.3 Å². The molecule has 0 saturated heterocycles. The van der Waals surface area contributed by atoms with Crippen LogP contribution in [-0.4, -0.2) is 28.3 Å². The molecule has 0 radical (unpaired) electrons. The molecule has 5 nitrogen and oxygen atoms in total. The van der Waals surface area contributed by atoms with Crippen LogP contribution in [0.15, 0.2) is 24.3 Å². The Hall–Kier alpha value is -1.91. The van der Waals surface area contributed by atoms with E-state index >= 15 is 0 Å². The van der Waals surface area contributed by atoms with Gasteiger partial charge in [-0.3, -0.25) is 14.9 Å². The molecule has 1 amide bonds. The van der Waals surface area contributed by atoms with Gasteiger partial charge in [0.25, 0.3) is 11.6 Å². The highest BCUT2D eigenvalue weighted by atomic mass is 16.6. The second kappa shape index (κ2) is 5.38. The third-order valence-corrected chi connectivity index (χ3v) is 3.14. The van der Waals surface area contributed by atoms with E-state index < -0.39 is 4.92 Å². The molecule has 0 atom stereocenters. The first kappa shape index (κ1) is 13.5. The molecule has 1 aliphatic rings. The molecule has 19 heavy (non-hydrogen) atoms. The third-order valence-electron chi connectivity index (χ3n) is 3.14. The van der Waals surface area contributed by atoms with Crippen LogP contribution in [-0.2, 0) is 0 Å². The smallest absolute Gasteiger partial charge is 0.269 e. The zero-order chi connectivity index (χ0) is 14.0. The van der Waals surface area contributed by atoms with Crippen molar-refractivity contribution >= 4 is 11.6 Å². The summed E-state index contributed by atoms with van der Waals surface area (Å²) in [6.45, 7) is 4.90. The number of benzene rings is 1. The van der Waals surface area contributed by atoms with Crippen LogP contribution < -0.4 is 0 Å². The summed E-state index contributed by atoms with van der Waals surface area (Å²) in [5, 5.41) is 10.6. The van der Waals surface area contributed by atoms with E-state index in [9.17, 15) is 14.9 Å². The maximum absolute atomic E-state index is 12.4. The summed E-state index contributed by atoms with van der Waals surface area (Å²) < 4.78 is 0. The van der Waals surface area contributed by atoms with Crippen LogP contribution >= 0.6 is 0 Å². The normalized spacial score (nSPS) is 14.5. The van der Waals surface area contributed by atoms with E-state index in [2.05, 4.69) is 13.8 Å². The summed E-state index contributed by atoms with van der Waals surface area (Å²) in [6.07, 6.45) is 2.12. The Kier molecular flexibility index (Phi) is 3.83. The number of nitro benzene ring substituents is 1. The Morgan fingerprint density at radius 1 is 1.37 bits per heavy atom. The molecule has 0 spiro atoms. The molecule has 0 N–H and O–H groups in total. The van der Waals surface area contributed by atoms with E-state index in [-0.39, 0.29) is 11.6 Å². The molecule has 2 rings (SSSR count). The monoisotopic (exact) mass is 262 g/mol. The SMILES string of the molecule is CC(C)CN(C(=O)c1ccc([N+](=O)[O-])cc1)C1CC1. The fraction of sp³-hybridized carbons (Fsp3) is 0.500. The van der Waals surface area contributed by atoms with Gasteiger partial charge in [0.05, 0.1) is 4.92 Å². The fourth-order valence-corrected chi connectivity index (χ4v) is 2.07. The maximum Gasteiger partial charge on any atom is 0.269 e. The number of carbonyl (C=O) groups excluding carboxylic acids is 1. The Bertz CT molecular complexity index is 478. The van der Waals surface area contributed by atoms with Gasteiger partial charge in [0.2, 0.25) is 0 Å². The molecule has 0 bridgehead atoms. The summed E-state index contributed by atoms with van der Waals surface area (Å²) in [5.74, 6) is 0.397.